The number of rotatable bonds is 7. The Bertz CT molecular complexity index is 985. The van der Waals surface area contributed by atoms with Crippen LogP contribution in [0.5, 0.6) is 0 Å². The normalized spacial score (nSPS) is 17.1. The van der Waals surface area contributed by atoms with Crippen LogP contribution in [0.25, 0.3) is 0 Å². The van der Waals surface area contributed by atoms with Crippen molar-refractivity contribution in [2.24, 2.45) is 12.8 Å². The Balaban J connectivity index is 1.83. The lowest BCUT2D eigenvalue weighted by Gasteiger charge is -2.31. The van der Waals surface area contributed by atoms with Gasteiger partial charge in [-0.25, -0.2) is 0 Å². The lowest BCUT2D eigenvalue weighted by Crippen LogP contribution is -2.47. The Morgan fingerprint density at radius 1 is 1.23 bits per heavy atom. The summed E-state index contributed by atoms with van der Waals surface area (Å²) in [5, 5.41) is 7.13. The van der Waals surface area contributed by atoms with E-state index in [1.54, 1.807) is 35.0 Å². The molecule has 0 saturated carbocycles. The van der Waals surface area contributed by atoms with Crippen molar-refractivity contribution >= 4 is 23.5 Å². The largest absolute Gasteiger partial charge is 0.363 e. The number of hydrogen-bond acceptors (Lipinski definition) is 5. The van der Waals surface area contributed by atoms with Gasteiger partial charge in [-0.2, -0.15) is 5.10 Å². The summed E-state index contributed by atoms with van der Waals surface area (Å²) >= 11 is 0. The number of carbonyl (C=O) groups is 4. The van der Waals surface area contributed by atoms with Crippen LogP contribution < -0.4 is 11.1 Å². The van der Waals surface area contributed by atoms with Crippen molar-refractivity contribution in [3.8, 4) is 0 Å². The first-order chi connectivity index (χ1) is 14.8. The highest BCUT2D eigenvalue weighted by Gasteiger charge is 2.31. The molecule has 1 aromatic heterocycles. The lowest BCUT2D eigenvalue weighted by atomic mass is 9.92. The fraction of sp³-hybridized carbons (Fsp3) is 0.409. The van der Waals surface area contributed by atoms with Gasteiger partial charge in [0.15, 0.2) is 0 Å². The van der Waals surface area contributed by atoms with Gasteiger partial charge in [0.25, 0.3) is 11.8 Å². The predicted octanol–water partition coefficient (Wildman–Crippen LogP) is 0.542. The molecular weight excluding hydrogens is 398 g/mol. The zero-order valence-corrected chi connectivity index (χ0v) is 17.7. The Hall–Kier alpha value is -3.49. The highest BCUT2D eigenvalue weighted by atomic mass is 16.2. The Labute approximate surface area is 180 Å². The van der Waals surface area contributed by atoms with Gasteiger partial charge in [0, 0.05) is 45.6 Å². The average Bonchev–Trinajstić information content (AvgIpc) is 3.15. The first kappa shape index (κ1) is 22.2. The molecule has 9 heteroatoms. The van der Waals surface area contributed by atoms with E-state index < -0.39 is 23.6 Å². The molecule has 164 valence electrons. The van der Waals surface area contributed by atoms with Crippen LogP contribution in [0.2, 0.25) is 0 Å². The summed E-state index contributed by atoms with van der Waals surface area (Å²) in [4.78, 5) is 50.6. The molecule has 9 nitrogen and oxygen atoms in total. The molecule has 3 N–H and O–H groups in total. The molecule has 31 heavy (non-hydrogen) atoms. The molecule has 3 amide bonds. The van der Waals surface area contributed by atoms with Crippen LogP contribution >= 0.6 is 0 Å². The minimum Gasteiger partial charge on any atom is -0.363 e. The van der Waals surface area contributed by atoms with Gasteiger partial charge in [0.1, 0.15) is 6.04 Å². The molecule has 3 rings (SSSR count). The van der Waals surface area contributed by atoms with E-state index in [-0.39, 0.29) is 18.2 Å². The summed E-state index contributed by atoms with van der Waals surface area (Å²) in [6.45, 7) is 2.70. The van der Waals surface area contributed by atoms with Crippen molar-refractivity contribution in [1.29, 1.82) is 0 Å². The summed E-state index contributed by atoms with van der Waals surface area (Å²) in [5.74, 6) is -2.56. The zero-order chi connectivity index (χ0) is 22.5. The van der Waals surface area contributed by atoms with Crippen LogP contribution in [0.4, 0.5) is 0 Å². The number of aromatic nitrogens is 2. The van der Waals surface area contributed by atoms with E-state index in [1.807, 2.05) is 18.2 Å². The van der Waals surface area contributed by atoms with Crippen molar-refractivity contribution in [3.05, 3.63) is 53.3 Å². The van der Waals surface area contributed by atoms with E-state index in [1.165, 1.54) is 6.92 Å². The van der Waals surface area contributed by atoms with Crippen LogP contribution in [-0.4, -0.2) is 57.3 Å². The monoisotopic (exact) mass is 425 g/mol. The third kappa shape index (κ3) is 5.36. The molecule has 1 aliphatic rings. The molecule has 0 aliphatic carbocycles. The standard InChI is InChI=1S/C22H27N5O4/c1-14(28)27-10-6-9-16(12-27)19-17(13-26(2)25-19)22(31)24-18(20(29)21(23)30)11-15-7-4-3-5-8-15/h3-5,7-8,13,16,18H,6,9-12H2,1-2H3,(H2,23,30)(H,24,31). The van der Waals surface area contributed by atoms with Gasteiger partial charge in [-0.1, -0.05) is 30.3 Å². The van der Waals surface area contributed by atoms with E-state index in [0.717, 1.165) is 18.4 Å². The number of carbonyl (C=O) groups excluding carboxylic acids is 4. The van der Waals surface area contributed by atoms with Gasteiger partial charge in [0.05, 0.1) is 11.3 Å². The molecule has 0 bridgehead atoms. The van der Waals surface area contributed by atoms with Crippen molar-refractivity contribution in [2.75, 3.05) is 13.1 Å². The van der Waals surface area contributed by atoms with Gasteiger partial charge in [-0.15, -0.1) is 0 Å². The number of nitrogens with two attached hydrogens (primary N) is 1. The maximum atomic E-state index is 13.1. The summed E-state index contributed by atoms with van der Waals surface area (Å²) in [6.07, 6.45) is 3.35. The second kappa shape index (κ2) is 9.55. The number of amides is 3. The summed E-state index contributed by atoms with van der Waals surface area (Å²) in [5.41, 5.74) is 6.90. The van der Waals surface area contributed by atoms with Crippen LogP contribution in [-0.2, 0) is 27.9 Å². The van der Waals surface area contributed by atoms with Crippen LogP contribution in [0.1, 0.15) is 47.3 Å². The van der Waals surface area contributed by atoms with Crippen molar-refractivity contribution < 1.29 is 19.2 Å². The Morgan fingerprint density at radius 3 is 2.58 bits per heavy atom. The SMILES string of the molecule is CC(=O)N1CCCC(c2nn(C)cc2C(=O)NC(Cc2ccccc2)C(=O)C(N)=O)C1. The second-order valence-corrected chi connectivity index (χ2v) is 7.85. The minimum absolute atomic E-state index is 0.0124. The fourth-order valence-corrected chi connectivity index (χ4v) is 3.94. The van der Waals surface area contributed by atoms with E-state index in [2.05, 4.69) is 10.4 Å². The summed E-state index contributed by atoms with van der Waals surface area (Å²) < 4.78 is 1.54. The number of primary amides is 1. The summed E-state index contributed by atoms with van der Waals surface area (Å²) in [7, 11) is 1.71. The van der Waals surface area contributed by atoms with Crippen molar-refractivity contribution in [2.45, 2.75) is 38.1 Å². The molecule has 1 saturated heterocycles. The zero-order valence-electron chi connectivity index (χ0n) is 17.7. The third-order valence-corrected chi connectivity index (χ3v) is 5.50. The fourth-order valence-electron chi connectivity index (χ4n) is 3.94. The molecule has 2 heterocycles. The molecular formula is C22H27N5O4. The van der Waals surface area contributed by atoms with Gasteiger partial charge in [0.2, 0.25) is 11.7 Å². The molecule has 1 aliphatic heterocycles. The number of piperidine rings is 1. The molecule has 2 aromatic rings. The quantitative estimate of drug-likeness (QED) is 0.626. The number of ketones is 1. The van der Waals surface area contributed by atoms with Crippen LogP contribution in [0.15, 0.2) is 36.5 Å². The molecule has 0 spiro atoms. The van der Waals surface area contributed by atoms with Crippen LogP contribution in [0, 0.1) is 0 Å². The van der Waals surface area contributed by atoms with Crippen molar-refractivity contribution in [3.63, 3.8) is 0 Å². The summed E-state index contributed by atoms with van der Waals surface area (Å²) in [6, 6.07) is 7.99. The minimum atomic E-state index is -1.10. The van der Waals surface area contributed by atoms with Crippen LogP contribution in [0.3, 0.4) is 0 Å². The lowest BCUT2D eigenvalue weighted by molar-refractivity contribution is -0.137. The number of likely N-dealkylation sites (tertiary alicyclic amines) is 1. The smallest absolute Gasteiger partial charge is 0.287 e. The van der Waals surface area contributed by atoms with Crippen molar-refractivity contribution in [1.82, 2.24) is 20.0 Å². The second-order valence-electron chi connectivity index (χ2n) is 7.85. The number of nitrogens with zero attached hydrogens (tertiary/aromatic N) is 3. The number of nitrogens with one attached hydrogen (secondary N) is 1. The van der Waals surface area contributed by atoms with Gasteiger partial charge in [-0.05, 0) is 18.4 Å². The molecule has 2 unspecified atom stereocenters. The van der Waals surface area contributed by atoms with E-state index in [9.17, 15) is 19.2 Å². The molecule has 0 radical (unpaired) electrons. The maximum Gasteiger partial charge on any atom is 0.287 e. The molecule has 1 fully saturated rings. The van der Waals surface area contributed by atoms with E-state index in [0.29, 0.717) is 24.3 Å². The Morgan fingerprint density at radius 2 is 1.94 bits per heavy atom. The Kier molecular flexibility index (Phi) is 6.84. The number of hydrogen-bond donors (Lipinski definition) is 2. The number of Topliss-reactive ketones (excluding diaryl/α,β-unsaturated/α-hetero) is 1. The first-order valence-electron chi connectivity index (χ1n) is 10.2. The highest BCUT2D eigenvalue weighted by molar-refractivity contribution is 6.38. The maximum absolute atomic E-state index is 13.1. The van der Waals surface area contributed by atoms with E-state index >= 15 is 0 Å². The molecule has 1 aromatic carbocycles. The van der Waals surface area contributed by atoms with Gasteiger partial charge >= 0.3 is 0 Å². The van der Waals surface area contributed by atoms with Gasteiger partial charge < -0.3 is 16.0 Å². The number of aryl methyl sites for hydroxylation is 1. The average molecular weight is 425 g/mol. The highest BCUT2D eigenvalue weighted by Crippen LogP contribution is 2.28. The predicted molar refractivity (Wildman–Crippen MR) is 113 cm³/mol. The number of benzene rings is 1. The third-order valence-electron chi connectivity index (χ3n) is 5.50. The topological polar surface area (TPSA) is 127 Å². The van der Waals surface area contributed by atoms with E-state index in [4.69, 9.17) is 5.73 Å². The first-order valence-corrected chi connectivity index (χ1v) is 10.2. The van der Waals surface area contributed by atoms with Gasteiger partial charge in [-0.3, -0.25) is 23.9 Å². The molecule has 2 atom stereocenters.